The lowest BCUT2D eigenvalue weighted by atomic mass is 10.1. The van der Waals surface area contributed by atoms with Crippen LogP contribution in [0, 0.1) is 11.6 Å². The van der Waals surface area contributed by atoms with Crippen molar-refractivity contribution in [1.29, 1.82) is 0 Å². The number of unbranched alkanes of at least 4 members (excludes halogenated alkanes) is 1. The number of rotatable bonds is 8. The van der Waals surface area contributed by atoms with Gasteiger partial charge >= 0.3 is 12.0 Å². The van der Waals surface area contributed by atoms with E-state index in [0.29, 0.717) is 12.5 Å². The summed E-state index contributed by atoms with van der Waals surface area (Å²) in [5.74, 6) is -2.25. The van der Waals surface area contributed by atoms with Gasteiger partial charge in [0.2, 0.25) is 0 Å². The Morgan fingerprint density at radius 3 is 2.73 bits per heavy atom. The summed E-state index contributed by atoms with van der Waals surface area (Å²) in [4.78, 5) is 28.1. The van der Waals surface area contributed by atoms with Crippen LogP contribution in [0.5, 0.6) is 0 Å². The third-order valence-corrected chi connectivity index (χ3v) is 4.61. The number of urea groups is 1. The molecule has 0 radical (unpaired) electrons. The number of halogens is 2. The highest BCUT2D eigenvalue weighted by Crippen LogP contribution is 2.20. The van der Waals surface area contributed by atoms with Gasteiger partial charge in [-0.15, -0.1) is 0 Å². The number of ether oxygens (including phenoxy) is 1. The fourth-order valence-corrected chi connectivity index (χ4v) is 3.04. The van der Waals surface area contributed by atoms with Gasteiger partial charge in [-0.1, -0.05) is 31.5 Å². The predicted molar refractivity (Wildman–Crippen MR) is 110 cm³/mol. The number of benzene rings is 2. The SMILES string of the molecule is CCCCOC(=O)C(Cc1c[nH]c2ccccc12)NC(=O)Nc1ccc(F)cc1F. The molecule has 3 rings (SSSR count). The molecule has 0 saturated carbocycles. The summed E-state index contributed by atoms with van der Waals surface area (Å²) < 4.78 is 32.1. The molecule has 6 nitrogen and oxygen atoms in total. The molecule has 0 aliphatic carbocycles. The maximum Gasteiger partial charge on any atom is 0.329 e. The average Bonchev–Trinajstić information content (AvgIpc) is 3.13. The van der Waals surface area contributed by atoms with Gasteiger partial charge in [0, 0.05) is 29.6 Å². The minimum atomic E-state index is -0.982. The lowest BCUT2D eigenvalue weighted by molar-refractivity contribution is -0.145. The van der Waals surface area contributed by atoms with Gasteiger partial charge in [0.05, 0.1) is 12.3 Å². The highest BCUT2D eigenvalue weighted by atomic mass is 19.1. The Labute approximate surface area is 172 Å². The smallest absolute Gasteiger partial charge is 0.329 e. The van der Waals surface area contributed by atoms with E-state index in [-0.39, 0.29) is 18.7 Å². The first-order valence-electron chi connectivity index (χ1n) is 9.72. The van der Waals surface area contributed by atoms with Crippen molar-refractivity contribution in [2.45, 2.75) is 32.2 Å². The first-order chi connectivity index (χ1) is 14.5. The Balaban J connectivity index is 1.74. The minimum Gasteiger partial charge on any atom is -0.464 e. The molecule has 158 valence electrons. The van der Waals surface area contributed by atoms with Crippen molar-refractivity contribution >= 4 is 28.6 Å². The summed E-state index contributed by atoms with van der Waals surface area (Å²) in [5.41, 5.74) is 1.54. The van der Waals surface area contributed by atoms with Crippen LogP contribution in [0.2, 0.25) is 0 Å². The topological polar surface area (TPSA) is 83.2 Å². The van der Waals surface area contributed by atoms with Crippen molar-refractivity contribution in [2.24, 2.45) is 0 Å². The summed E-state index contributed by atoms with van der Waals surface area (Å²) >= 11 is 0. The second-order valence-corrected chi connectivity index (χ2v) is 6.86. The number of aromatic nitrogens is 1. The van der Waals surface area contributed by atoms with E-state index >= 15 is 0 Å². The molecule has 3 N–H and O–H groups in total. The number of fused-ring (bicyclic) bond motifs is 1. The molecular weight excluding hydrogens is 392 g/mol. The van der Waals surface area contributed by atoms with E-state index in [1.165, 1.54) is 0 Å². The molecular formula is C22H23F2N3O3. The molecule has 0 saturated heterocycles. The van der Waals surface area contributed by atoms with Crippen LogP contribution in [-0.4, -0.2) is 29.6 Å². The molecule has 8 heteroatoms. The van der Waals surface area contributed by atoms with Crippen LogP contribution in [0.15, 0.2) is 48.7 Å². The second-order valence-electron chi connectivity index (χ2n) is 6.86. The summed E-state index contributed by atoms with van der Waals surface area (Å²) in [6.45, 7) is 2.22. The van der Waals surface area contributed by atoms with Crippen LogP contribution in [0.4, 0.5) is 19.3 Å². The zero-order chi connectivity index (χ0) is 21.5. The predicted octanol–water partition coefficient (Wildman–Crippen LogP) is 4.52. The number of carbonyl (C=O) groups is 2. The van der Waals surface area contributed by atoms with E-state index in [1.54, 1.807) is 6.20 Å². The molecule has 2 amide bonds. The van der Waals surface area contributed by atoms with Gasteiger partial charge in [-0.3, -0.25) is 0 Å². The highest BCUT2D eigenvalue weighted by molar-refractivity contribution is 5.93. The van der Waals surface area contributed by atoms with E-state index in [4.69, 9.17) is 4.74 Å². The molecule has 0 fully saturated rings. The zero-order valence-corrected chi connectivity index (χ0v) is 16.5. The number of esters is 1. The van der Waals surface area contributed by atoms with E-state index in [0.717, 1.165) is 35.0 Å². The lowest BCUT2D eigenvalue weighted by Crippen LogP contribution is -2.45. The number of para-hydroxylation sites is 1. The number of H-pyrrole nitrogens is 1. The second kappa shape index (κ2) is 9.87. The number of hydrogen-bond donors (Lipinski definition) is 3. The molecule has 0 bridgehead atoms. The summed E-state index contributed by atoms with van der Waals surface area (Å²) in [6.07, 6.45) is 3.53. The third-order valence-electron chi connectivity index (χ3n) is 4.61. The fourth-order valence-electron chi connectivity index (χ4n) is 3.04. The minimum absolute atomic E-state index is 0.189. The number of hydrogen-bond acceptors (Lipinski definition) is 3. The van der Waals surface area contributed by atoms with Crippen LogP contribution in [0.25, 0.3) is 10.9 Å². The van der Waals surface area contributed by atoms with Gasteiger partial charge in [-0.2, -0.15) is 0 Å². The maximum absolute atomic E-state index is 13.8. The standard InChI is InChI=1S/C22H23F2N3O3/c1-2-3-10-30-21(28)20(11-14-13-25-18-7-5-4-6-16(14)18)27-22(29)26-19-9-8-15(23)12-17(19)24/h4-9,12-13,20,25H,2-3,10-11H2,1H3,(H2,26,27,29). The van der Waals surface area contributed by atoms with E-state index in [1.807, 2.05) is 31.2 Å². The molecule has 1 aromatic heterocycles. The molecule has 0 aliphatic rings. The van der Waals surface area contributed by atoms with Crippen molar-refractivity contribution in [3.8, 4) is 0 Å². The number of nitrogens with one attached hydrogen (secondary N) is 3. The van der Waals surface area contributed by atoms with Crippen molar-refractivity contribution < 1.29 is 23.1 Å². The molecule has 1 unspecified atom stereocenters. The molecule has 1 heterocycles. The zero-order valence-electron chi connectivity index (χ0n) is 16.5. The van der Waals surface area contributed by atoms with Gasteiger partial charge in [0.15, 0.2) is 0 Å². The Hall–Kier alpha value is -3.42. The number of anilines is 1. The van der Waals surface area contributed by atoms with Gasteiger partial charge in [-0.25, -0.2) is 18.4 Å². The third kappa shape index (κ3) is 5.34. The highest BCUT2D eigenvalue weighted by Gasteiger charge is 2.24. The Kier molecular flexibility index (Phi) is 7.00. The molecule has 30 heavy (non-hydrogen) atoms. The monoisotopic (exact) mass is 415 g/mol. The van der Waals surface area contributed by atoms with Crippen LogP contribution >= 0.6 is 0 Å². The Morgan fingerprint density at radius 2 is 1.97 bits per heavy atom. The molecule has 2 aromatic carbocycles. The molecule has 1 atom stereocenters. The van der Waals surface area contributed by atoms with E-state index < -0.39 is 29.7 Å². The fraction of sp³-hybridized carbons (Fsp3) is 0.273. The first kappa shape index (κ1) is 21.3. The van der Waals surface area contributed by atoms with Gasteiger partial charge in [0.1, 0.15) is 17.7 Å². The lowest BCUT2D eigenvalue weighted by Gasteiger charge is -2.18. The summed E-state index contributed by atoms with van der Waals surface area (Å²) in [6, 6.07) is 8.62. The van der Waals surface area contributed by atoms with Crippen molar-refractivity contribution in [2.75, 3.05) is 11.9 Å². The van der Waals surface area contributed by atoms with Crippen LogP contribution in [0.1, 0.15) is 25.3 Å². The summed E-state index contributed by atoms with van der Waals surface area (Å²) in [5, 5.41) is 5.76. The first-order valence-corrected chi connectivity index (χ1v) is 9.72. The summed E-state index contributed by atoms with van der Waals surface area (Å²) in [7, 11) is 0. The van der Waals surface area contributed by atoms with Crippen LogP contribution in [0.3, 0.4) is 0 Å². The van der Waals surface area contributed by atoms with Crippen LogP contribution < -0.4 is 10.6 Å². The van der Waals surface area contributed by atoms with Crippen LogP contribution in [-0.2, 0) is 16.0 Å². The van der Waals surface area contributed by atoms with E-state index in [2.05, 4.69) is 15.6 Å². The van der Waals surface area contributed by atoms with Crippen molar-refractivity contribution in [1.82, 2.24) is 10.3 Å². The van der Waals surface area contributed by atoms with E-state index in [9.17, 15) is 18.4 Å². The average molecular weight is 415 g/mol. The van der Waals surface area contributed by atoms with Gasteiger partial charge in [-0.05, 0) is 30.2 Å². The number of amides is 2. The molecule has 0 spiro atoms. The van der Waals surface area contributed by atoms with Crippen molar-refractivity contribution in [3.63, 3.8) is 0 Å². The number of aromatic amines is 1. The Morgan fingerprint density at radius 1 is 1.17 bits per heavy atom. The quantitative estimate of drug-likeness (QED) is 0.374. The molecule has 3 aromatic rings. The van der Waals surface area contributed by atoms with Gasteiger partial charge in [0.25, 0.3) is 0 Å². The number of carbonyl (C=O) groups excluding carboxylic acids is 2. The maximum atomic E-state index is 13.8. The normalized spacial score (nSPS) is 11.8. The Bertz CT molecular complexity index is 1040. The van der Waals surface area contributed by atoms with Gasteiger partial charge < -0.3 is 20.4 Å². The molecule has 0 aliphatic heterocycles. The van der Waals surface area contributed by atoms with Crippen molar-refractivity contribution in [3.05, 3.63) is 65.9 Å². The largest absolute Gasteiger partial charge is 0.464 e.